The first-order valence-corrected chi connectivity index (χ1v) is 7.17. The molecule has 2 N–H and O–H groups in total. The molecule has 1 aromatic rings. The van der Waals surface area contributed by atoms with Gasteiger partial charge >= 0.3 is 5.97 Å². The molecule has 0 unspecified atom stereocenters. The number of benzene rings is 1. The number of rotatable bonds is 7. The summed E-state index contributed by atoms with van der Waals surface area (Å²) in [6.45, 7) is 0. The van der Waals surface area contributed by atoms with Gasteiger partial charge in [0, 0.05) is 24.1 Å². The van der Waals surface area contributed by atoms with Crippen LogP contribution in [0, 0.1) is 0 Å². The molecule has 0 aliphatic carbocycles. The number of carboxylic acids is 1. The van der Waals surface area contributed by atoms with Crippen LogP contribution in [-0.4, -0.2) is 38.3 Å². The predicted octanol–water partition coefficient (Wildman–Crippen LogP) is 1.36. The van der Waals surface area contributed by atoms with E-state index in [4.69, 9.17) is 14.6 Å². The normalized spacial score (nSPS) is 11.2. The summed E-state index contributed by atoms with van der Waals surface area (Å²) in [5.41, 5.74) is 0.233. The fourth-order valence-electron chi connectivity index (χ4n) is 1.79. The Balaban J connectivity index is 3.26. The molecular weight excluding hydrogens is 288 g/mol. The second kappa shape index (κ2) is 6.58. The summed E-state index contributed by atoms with van der Waals surface area (Å²) < 4.78 is 42.1. The van der Waals surface area contributed by atoms with Crippen molar-refractivity contribution >= 4 is 16.1 Å². The van der Waals surface area contributed by atoms with E-state index in [0.717, 1.165) is 0 Å². The van der Waals surface area contributed by atoms with E-state index in [1.165, 1.54) is 26.4 Å². The summed E-state index contributed by atoms with van der Waals surface area (Å²) in [6.07, 6.45) is 0.259. The van der Waals surface area contributed by atoms with Crippen LogP contribution in [0.15, 0.2) is 17.0 Å². The standard InChI is InChI=1S/C12H16O7S/c1-18-8-6-10(19-2)9(4-3-5-12(13)14)11(7-8)20(15,16)17/h6-7H,3-5H2,1-2H3,(H,13,14)(H,15,16,17). The highest BCUT2D eigenvalue weighted by atomic mass is 32.2. The van der Waals surface area contributed by atoms with Crippen LogP contribution in [0.5, 0.6) is 11.5 Å². The van der Waals surface area contributed by atoms with Crippen molar-refractivity contribution < 1.29 is 32.3 Å². The maximum absolute atomic E-state index is 11.4. The molecular formula is C12H16O7S. The monoisotopic (exact) mass is 304 g/mol. The van der Waals surface area contributed by atoms with Gasteiger partial charge in [0.15, 0.2) is 0 Å². The number of hydrogen-bond acceptors (Lipinski definition) is 5. The minimum atomic E-state index is -4.46. The molecule has 0 saturated heterocycles. The smallest absolute Gasteiger partial charge is 0.303 e. The number of methoxy groups -OCH3 is 2. The maximum Gasteiger partial charge on any atom is 0.303 e. The van der Waals surface area contributed by atoms with Crippen molar-refractivity contribution in [2.24, 2.45) is 0 Å². The van der Waals surface area contributed by atoms with Crippen LogP contribution >= 0.6 is 0 Å². The average molecular weight is 304 g/mol. The largest absolute Gasteiger partial charge is 0.497 e. The summed E-state index contributed by atoms with van der Waals surface area (Å²) >= 11 is 0. The molecule has 1 aromatic carbocycles. The van der Waals surface area contributed by atoms with Crippen LogP contribution in [0.25, 0.3) is 0 Å². The number of carboxylic acid groups (broad SMARTS) is 1. The average Bonchev–Trinajstić information content (AvgIpc) is 2.36. The zero-order valence-electron chi connectivity index (χ0n) is 11.1. The maximum atomic E-state index is 11.4. The van der Waals surface area contributed by atoms with Gasteiger partial charge in [-0.1, -0.05) is 0 Å². The second-order valence-electron chi connectivity index (χ2n) is 4.03. The third-order valence-electron chi connectivity index (χ3n) is 2.69. The second-order valence-corrected chi connectivity index (χ2v) is 5.42. The lowest BCUT2D eigenvalue weighted by molar-refractivity contribution is -0.137. The number of aliphatic carboxylic acids is 1. The van der Waals surface area contributed by atoms with Crippen molar-refractivity contribution in [1.29, 1.82) is 0 Å². The van der Waals surface area contributed by atoms with Crippen molar-refractivity contribution in [3.05, 3.63) is 17.7 Å². The van der Waals surface area contributed by atoms with E-state index in [2.05, 4.69) is 0 Å². The van der Waals surface area contributed by atoms with Crippen molar-refractivity contribution in [2.45, 2.75) is 24.2 Å². The Morgan fingerprint density at radius 2 is 1.90 bits per heavy atom. The van der Waals surface area contributed by atoms with Gasteiger partial charge in [-0.15, -0.1) is 0 Å². The highest BCUT2D eigenvalue weighted by Gasteiger charge is 2.21. The van der Waals surface area contributed by atoms with Gasteiger partial charge in [-0.2, -0.15) is 8.42 Å². The molecule has 112 valence electrons. The van der Waals surface area contributed by atoms with Crippen LogP contribution in [0.4, 0.5) is 0 Å². The Labute approximate surface area is 116 Å². The molecule has 0 radical (unpaired) electrons. The summed E-state index contributed by atoms with van der Waals surface area (Å²) in [6, 6.07) is 2.65. The van der Waals surface area contributed by atoms with E-state index in [0.29, 0.717) is 0 Å². The molecule has 0 aliphatic heterocycles. The highest BCUT2D eigenvalue weighted by molar-refractivity contribution is 7.85. The van der Waals surface area contributed by atoms with E-state index in [1.807, 2.05) is 0 Å². The number of hydrogen-bond donors (Lipinski definition) is 2. The fraction of sp³-hybridized carbons (Fsp3) is 0.417. The van der Waals surface area contributed by atoms with Crippen LogP contribution < -0.4 is 9.47 Å². The van der Waals surface area contributed by atoms with Gasteiger partial charge < -0.3 is 14.6 Å². The molecule has 0 saturated carbocycles. The van der Waals surface area contributed by atoms with E-state index >= 15 is 0 Å². The lowest BCUT2D eigenvalue weighted by atomic mass is 10.1. The molecule has 0 aromatic heterocycles. The first kappa shape index (κ1) is 16.3. The molecule has 0 atom stereocenters. The van der Waals surface area contributed by atoms with Gasteiger partial charge in [0.2, 0.25) is 0 Å². The first-order valence-electron chi connectivity index (χ1n) is 5.73. The Morgan fingerprint density at radius 3 is 2.35 bits per heavy atom. The molecule has 0 bridgehead atoms. The van der Waals surface area contributed by atoms with E-state index < -0.39 is 16.1 Å². The fourth-order valence-corrected chi connectivity index (χ4v) is 2.57. The highest BCUT2D eigenvalue weighted by Crippen LogP contribution is 2.32. The van der Waals surface area contributed by atoms with Crippen LogP contribution in [0.3, 0.4) is 0 Å². The van der Waals surface area contributed by atoms with Gasteiger partial charge in [0.1, 0.15) is 16.4 Å². The van der Waals surface area contributed by atoms with Crippen LogP contribution in [-0.2, 0) is 21.3 Å². The minimum absolute atomic E-state index is 0.111. The molecule has 20 heavy (non-hydrogen) atoms. The molecule has 0 spiro atoms. The van der Waals surface area contributed by atoms with E-state index in [-0.39, 0.29) is 41.2 Å². The molecule has 0 heterocycles. The quantitative estimate of drug-likeness (QED) is 0.732. The minimum Gasteiger partial charge on any atom is -0.497 e. The van der Waals surface area contributed by atoms with Gasteiger partial charge in [-0.05, 0) is 12.8 Å². The zero-order valence-corrected chi connectivity index (χ0v) is 11.9. The van der Waals surface area contributed by atoms with Crippen molar-refractivity contribution in [3.63, 3.8) is 0 Å². The van der Waals surface area contributed by atoms with E-state index in [1.54, 1.807) is 0 Å². The number of ether oxygens (including phenoxy) is 2. The Morgan fingerprint density at radius 1 is 1.25 bits per heavy atom. The first-order chi connectivity index (χ1) is 9.29. The Kier molecular flexibility index (Phi) is 5.34. The Hall–Kier alpha value is -1.80. The van der Waals surface area contributed by atoms with Gasteiger partial charge in [-0.3, -0.25) is 9.35 Å². The topological polar surface area (TPSA) is 110 Å². The molecule has 8 heteroatoms. The summed E-state index contributed by atoms with van der Waals surface area (Å²) in [7, 11) is -1.75. The summed E-state index contributed by atoms with van der Waals surface area (Å²) in [5, 5.41) is 8.61. The zero-order chi connectivity index (χ0) is 15.3. The van der Waals surface area contributed by atoms with Gasteiger partial charge in [0.25, 0.3) is 10.1 Å². The molecule has 0 amide bonds. The molecule has 7 nitrogen and oxygen atoms in total. The molecule has 0 fully saturated rings. The lowest BCUT2D eigenvalue weighted by Crippen LogP contribution is -2.07. The number of carbonyl (C=O) groups is 1. The SMILES string of the molecule is COc1cc(OC)c(CCCC(=O)O)c(S(=O)(=O)O)c1. The third kappa shape index (κ3) is 4.10. The third-order valence-corrected chi connectivity index (χ3v) is 3.61. The lowest BCUT2D eigenvalue weighted by Gasteiger charge is -2.14. The van der Waals surface area contributed by atoms with E-state index in [9.17, 15) is 17.8 Å². The summed E-state index contributed by atoms with van der Waals surface area (Å²) in [5.74, 6) is -0.537. The van der Waals surface area contributed by atoms with Gasteiger partial charge in [0.05, 0.1) is 14.2 Å². The Bertz CT molecular complexity index is 592. The molecule has 0 aliphatic rings. The van der Waals surface area contributed by atoms with Crippen LogP contribution in [0.1, 0.15) is 18.4 Å². The van der Waals surface area contributed by atoms with Crippen molar-refractivity contribution in [3.8, 4) is 11.5 Å². The predicted molar refractivity (Wildman–Crippen MR) is 69.9 cm³/mol. The summed E-state index contributed by atoms with van der Waals surface area (Å²) in [4.78, 5) is 10.2. The van der Waals surface area contributed by atoms with Crippen molar-refractivity contribution in [1.82, 2.24) is 0 Å². The molecule has 1 rings (SSSR count). The van der Waals surface area contributed by atoms with Gasteiger partial charge in [-0.25, -0.2) is 0 Å². The van der Waals surface area contributed by atoms with Crippen LogP contribution in [0.2, 0.25) is 0 Å². The van der Waals surface area contributed by atoms with Crippen molar-refractivity contribution in [2.75, 3.05) is 14.2 Å².